The fourth-order valence-corrected chi connectivity index (χ4v) is 1.19. The van der Waals surface area contributed by atoms with Gasteiger partial charge in [-0.05, 0) is 12.1 Å². The van der Waals surface area contributed by atoms with E-state index in [4.69, 9.17) is 5.73 Å². The Labute approximate surface area is 77.2 Å². The second-order valence-corrected chi connectivity index (χ2v) is 2.92. The first-order valence-corrected chi connectivity index (χ1v) is 4.09. The van der Waals surface area contributed by atoms with Crippen LogP contribution in [0.25, 0.3) is 0 Å². The van der Waals surface area contributed by atoms with Gasteiger partial charge in [0, 0.05) is 7.05 Å². The summed E-state index contributed by atoms with van der Waals surface area (Å²) < 4.78 is 0. The quantitative estimate of drug-likeness (QED) is 0.658. The zero-order chi connectivity index (χ0) is 9.26. The van der Waals surface area contributed by atoms with E-state index < -0.39 is 0 Å². The number of para-hydroxylation sites is 1. The molecule has 0 amide bonds. The molecule has 1 aliphatic rings. The van der Waals surface area contributed by atoms with E-state index in [1.54, 1.807) is 5.01 Å². The number of hydrazine groups is 2. The molecule has 0 unspecified atom stereocenters. The Kier molecular flexibility index (Phi) is 1.83. The van der Waals surface area contributed by atoms with Crippen molar-refractivity contribution < 1.29 is 0 Å². The molecular formula is C9H12N4. The largest absolute Gasteiger partial charge is 0.383 e. The van der Waals surface area contributed by atoms with E-state index >= 15 is 0 Å². The molecule has 1 heterocycles. The van der Waals surface area contributed by atoms with Crippen LogP contribution in [0.15, 0.2) is 42.4 Å². The Hall–Kier alpha value is -1.68. The van der Waals surface area contributed by atoms with Crippen LogP contribution in [0.5, 0.6) is 0 Å². The molecule has 0 saturated carbocycles. The zero-order valence-electron chi connectivity index (χ0n) is 7.44. The zero-order valence-corrected chi connectivity index (χ0v) is 7.44. The molecular weight excluding hydrogens is 164 g/mol. The molecule has 13 heavy (non-hydrogen) atoms. The van der Waals surface area contributed by atoms with E-state index in [0.29, 0.717) is 5.82 Å². The second-order valence-electron chi connectivity index (χ2n) is 2.92. The third-order valence-corrected chi connectivity index (χ3v) is 1.94. The number of anilines is 1. The summed E-state index contributed by atoms with van der Waals surface area (Å²) in [5.74, 6) is 0.698. The normalized spacial score (nSPS) is 16.2. The van der Waals surface area contributed by atoms with Crippen molar-refractivity contribution in [1.29, 1.82) is 0 Å². The van der Waals surface area contributed by atoms with Crippen molar-refractivity contribution in [3.05, 3.63) is 42.4 Å². The molecule has 0 spiro atoms. The van der Waals surface area contributed by atoms with Gasteiger partial charge in [0.15, 0.2) is 0 Å². The van der Waals surface area contributed by atoms with Crippen molar-refractivity contribution in [2.75, 3.05) is 12.1 Å². The third kappa shape index (κ3) is 1.43. The predicted octanol–water partition coefficient (Wildman–Crippen LogP) is 0.616. The molecule has 0 radical (unpaired) electrons. The standard InChI is InChI=1S/C9H12N4/c1-12-9(10)7-13(11-12)8-5-3-2-4-6-8/h2-7,11H,10H2,1H3. The lowest BCUT2D eigenvalue weighted by atomic mass is 10.3. The molecule has 0 aliphatic carbocycles. The lowest BCUT2D eigenvalue weighted by Crippen LogP contribution is -2.39. The van der Waals surface area contributed by atoms with E-state index in [9.17, 15) is 0 Å². The van der Waals surface area contributed by atoms with Crippen LogP contribution in [0.2, 0.25) is 0 Å². The number of benzene rings is 1. The highest BCUT2D eigenvalue weighted by molar-refractivity contribution is 5.48. The highest BCUT2D eigenvalue weighted by Crippen LogP contribution is 2.15. The van der Waals surface area contributed by atoms with E-state index in [2.05, 4.69) is 5.53 Å². The van der Waals surface area contributed by atoms with Crippen LogP contribution in [0.4, 0.5) is 5.69 Å². The third-order valence-electron chi connectivity index (χ3n) is 1.94. The Morgan fingerprint density at radius 2 is 1.92 bits per heavy atom. The number of nitrogens with one attached hydrogen (secondary N) is 1. The van der Waals surface area contributed by atoms with Crippen molar-refractivity contribution in [3.8, 4) is 0 Å². The average molecular weight is 176 g/mol. The van der Waals surface area contributed by atoms with Gasteiger partial charge in [0.05, 0.1) is 11.9 Å². The lowest BCUT2D eigenvalue weighted by Gasteiger charge is -2.19. The van der Waals surface area contributed by atoms with Crippen molar-refractivity contribution in [1.82, 2.24) is 10.5 Å². The van der Waals surface area contributed by atoms with Gasteiger partial charge in [-0.2, -0.15) is 0 Å². The molecule has 4 nitrogen and oxygen atoms in total. The van der Waals surface area contributed by atoms with Crippen LogP contribution in [-0.2, 0) is 0 Å². The second kappa shape index (κ2) is 2.99. The van der Waals surface area contributed by atoms with Crippen molar-refractivity contribution in [2.45, 2.75) is 0 Å². The molecule has 0 bridgehead atoms. The van der Waals surface area contributed by atoms with Crippen LogP contribution in [0, 0.1) is 0 Å². The van der Waals surface area contributed by atoms with Gasteiger partial charge in [-0.15, -0.1) is 5.53 Å². The van der Waals surface area contributed by atoms with Crippen molar-refractivity contribution >= 4 is 5.69 Å². The average Bonchev–Trinajstić information content (AvgIpc) is 2.49. The number of hydrogen-bond donors (Lipinski definition) is 2. The smallest absolute Gasteiger partial charge is 0.133 e. The van der Waals surface area contributed by atoms with Crippen LogP contribution in [-0.4, -0.2) is 12.1 Å². The molecule has 0 aromatic heterocycles. The van der Waals surface area contributed by atoms with Gasteiger partial charge >= 0.3 is 0 Å². The molecule has 0 fully saturated rings. The molecule has 2 rings (SSSR count). The summed E-state index contributed by atoms with van der Waals surface area (Å²) in [4.78, 5) is 0. The fourth-order valence-electron chi connectivity index (χ4n) is 1.19. The van der Waals surface area contributed by atoms with Gasteiger partial charge in [-0.1, -0.05) is 18.2 Å². The Bertz CT molecular complexity index is 320. The van der Waals surface area contributed by atoms with Crippen LogP contribution < -0.4 is 16.3 Å². The summed E-state index contributed by atoms with van der Waals surface area (Å²) in [6, 6.07) is 9.97. The minimum atomic E-state index is 0.698. The molecule has 1 aliphatic heterocycles. The van der Waals surface area contributed by atoms with Gasteiger partial charge in [-0.3, -0.25) is 10.0 Å². The summed E-state index contributed by atoms with van der Waals surface area (Å²) in [7, 11) is 1.87. The maximum absolute atomic E-state index is 5.69. The minimum absolute atomic E-state index is 0.698. The van der Waals surface area contributed by atoms with Gasteiger partial charge < -0.3 is 5.73 Å². The van der Waals surface area contributed by atoms with Gasteiger partial charge in [0.2, 0.25) is 0 Å². The minimum Gasteiger partial charge on any atom is -0.383 e. The highest BCUT2D eigenvalue weighted by atomic mass is 15.8. The van der Waals surface area contributed by atoms with Gasteiger partial charge in [0.1, 0.15) is 5.82 Å². The molecule has 1 aromatic rings. The summed E-state index contributed by atoms with van der Waals surface area (Å²) in [6.07, 6.45) is 1.84. The highest BCUT2D eigenvalue weighted by Gasteiger charge is 2.14. The maximum Gasteiger partial charge on any atom is 0.133 e. The molecule has 0 saturated heterocycles. The summed E-state index contributed by atoms with van der Waals surface area (Å²) in [6.45, 7) is 0. The number of nitrogens with zero attached hydrogens (tertiary/aromatic N) is 2. The van der Waals surface area contributed by atoms with Crippen LogP contribution in [0.3, 0.4) is 0 Å². The number of nitrogens with two attached hydrogens (primary N) is 1. The first-order chi connectivity index (χ1) is 6.27. The fraction of sp³-hybridized carbons (Fsp3) is 0.111. The van der Waals surface area contributed by atoms with E-state index in [1.807, 2.05) is 48.6 Å². The van der Waals surface area contributed by atoms with Crippen LogP contribution in [0.1, 0.15) is 0 Å². The molecule has 68 valence electrons. The van der Waals surface area contributed by atoms with Gasteiger partial charge in [0.25, 0.3) is 0 Å². The lowest BCUT2D eigenvalue weighted by molar-refractivity contribution is 0.329. The Morgan fingerprint density at radius 3 is 2.46 bits per heavy atom. The van der Waals surface area contributed by atoms with E-state index in [0.717, 1.165) is 5.69 Å². The molecule has 4 heteroatoms. The predicted molar refractivity (Wildman–Crippen MR) is 52.1 cm³/mol. The van der Waals surface area contributed by atoms with Crippen molar-refractivity contribution in [2.24, 2.45) is 5.73 Å². The Balaban J connectivity index is 2.22. The summed E-state index contributed by atoms with van der Waals surface area (Å²) in [5, 5.41) is 3.63. The number of hydrogen-bond acceptors (Lipinski definition) is 4. The monoisotopic (exact) mass is 176 g/mol. The SMILES string of the molecule is CN1NN(c2ccccc2)C=C1N. The molecule has 1 aromatic carbocycles. The topological polar surface area (TPSA) is 44.5 Å². The number of rotatable bonds is 1. The van der Waals surface area contributed by atoms with E-state index in [1.165, 1.54) is 0 Å². The summed E-state index contributed by atoms with van der Waals surface area (Å²) in [5.41, 5.74) is 9.82. The Morgan fingerprint density at radius 1 is 1.23 bits per heavy atom. The van der Waals surface area contributed by atoms with Crippen LogP contribution >= 0.6 is 0 Å². The van der Waals surface area contributed by atoms with E-state index in [-0.39, 0.29) is 0 Å². The molecule has 0 atom stereocenters. The molecule has 3 N–H and O–H groups in total. The maximum atomic E-state index is 5.69. The van der Waals surface area contributed by atoms with Gasteiger partial charge in [-0.25, -0.2) is 0 Å². The first-order valence-electron chi connectivity index (χ1n) is 4.09. The van der Waals surface area contributed by atoms with Crippen molar-refractivity contribution in [3.63, 3.8) is 0 Å². The first kappa shape index (κ1) is 7.94. The summed E-state index contributed by atoms with van der Waals surface area (Å²) >= 11 is 0.